The van der Waals surface area contributed by atoms with Crippen molar-refractivity contribution < 1.29 is 14.4 Å². The molecule has 0 aliphatic carbocycles. The summed E-state index contributed by atoms with van der Waals surface area (Å²) in [4.78, 5) is 38.8. The molecule has 1 saturated heterocycles. The summed E-state index contributed by atoms with van der Waals surface area (Å²) in [6.07, 6.45) is 3.04. The van der Waals surface area contributed by atoms with Crippen LogP contribution in [0.5, 0.6) is 0 Å². The highest BCUT2D eigenvalue weighted by Gasteiger charge is 2.30. The molecule has 2 aromatic rings. The quantitative estimate of drug-likeness (QED) is 0.741. The highest BCUT2D eigenvalue weighted by Crippen LogP contribution is 2.20. The number of rotatable bonds is 3. The van der Waals surface area contributed by atoms with Crippen molar-refractivity contribution in [3.8, 4) is 0 Å². The Morgan fingerprint density at radius 2 is 2.05 bits per heavy atom. The topological polar surface area (TPSA) is 100 Å². The summed E-state index contributed by atoms with van der Waals surface area (Å²) >= 11 is 0. The smallest absolute Gasteiger partial charge is 0.322 e. The van der Waals surface area contributed by atoms with Gasteiger partial charge in [-0.2, -0.15) is 0 Å². The van der Waals surface area contributed by atoms with Gasteiger partial charge in [-0.3, -0.25) is 19.9 Å². The molecule has 1 aliphatic heterocycles. The molecule has 1 aliphatic rings. The average molecular weight is 296 g/mol. The number of nitrogens with one attached hydrogen (secondary N) is 3. The minimum atomic E-state index is -0.747. The molecule has 0 bridgehead atoms. The lowest BCUT2D eigenvalue weighted by molar-refractivity contribution is -0.120. The molecule has 110 valence electrons. The second-order valence-electron chi connectivity index (χ2n) is 4.72. The van der Waals surface area contributed by atoms with Gasteiger partial charge >= 0.3 is 6.03 Å². The first-order valence-corrected chi connectivity index (χ1v) is 6.56. The first kappa shape index (κ1) is 13.7. The highest BCUT2D eigenvalue weighted by atomic mass is 16.2. The van der Waals surface area contributed by atoms with E-state index in [1.54, 1.807) is 42.6 Å². The van der Waals surface area contributed by atoms with Crippen molar-refractivity contribution in [2.45, 2.75) is 6.04 Å². The number of aromatic nitrogens is 1. The summed E-state index contributed by atoms with van der Waals surface area (Å²) in [5.74, 6) is -0.717. The summed E-state index contributed by atoms with van der Waals surface area (Å²) in [6.45, 7) is 0. The van der Waals surface area contributed by atoms with Gasteiger partial charge in [0, 0.05) is 18.1 Å². The molecular formula is C15H12N4O3. The summed E-state index contributed by atoms with van der Waals surface area (Å²) in [6, 6.07) is 8.79. The molecule has 0 spiro atoms. The molecule has 1 aromatic heterocycles. The Morgan fingerprint density at radius 1 is 1.18 bits per heavy atom. The summed E-state index contributed by atoms with van der Waals surface area (Å²) in [7, 11) is 0. The van der Waals surface area contributed by atoms with E-state index in [9.17, 15) is 14.4 Å². The molecule has 22 heavy (non-hydrogen) atoms. The minimum Gasteiger partial charge on any atom is -0.322 e. The fourth-order valence-electron chi connectivity index (χ4n) is 2.15. The number of carbonyl (C=O) groups excluding carboxylic acids is 3. The van der Waals surface area contributed by atoms with Crippen molar-refractivity contribution in [3.05, 3.63) is 59.9 Å². The molecule has 3 rings (SSSR count). The number of imide groups is 1. The Morgan fingerprint density at radius 3 is 2.73 bits per heavy atom. The predicted molar refractivity (Wildman–Crippen MR) is 78.0 cm³/mol. The van der Waals surface area contributed by atoms with Crippen LogP contribution in [-0.2, 0) is 4.79 Å². The van der Waals surface area contributed by atoms with Gasteiger partial charge in [-0.15, -0.1) is 0 Å². The number of benzene rings is 1. The van der Waals surface area contributed by atoms with Gasteiger partial charge < -0.3 is 10.6 Å². The van der Waals surface area contributed by atoms with Crippen LogP contribution in [0.25, 0.3) is 0 Å². The molecule has 1 fully saturated rings. The predicted octanol–water partition coefficient (Wildman–Crippen LogP) is 1.21. The standard InChI is InChI=1S/C15H12N4O3/c20-13(10-4-2-6-16-8-10)17-11-5-1-3-9(7-11)12-14(21)19-15(22)18-12/h1-8,12H,(H,17,20)(H2,18,19,21,22). The Kier molecular flexibility index (Phi) is 3.53. The maximum absolute atomic E-state index is 12.1. The van der Waals surface area contributed by atoms with E-state index in [2.05, 4.69) is 20.9 Å². The summed E-state index contributed by atoms with van der Waals surface area (Å²) in [5.41, 5.74) is 1.55. The van der Waals surface area contributed by atoms with Crippen LogP contribution in [0.15, 0.2) is 48.8 Å². The molecule has 7 nitrogen and oxygen atoms in total. The monoisotopic (exact) mass is 296 g/mol. The molecule has 2 heterocycles. The van der Waals surface area contributed by atoms with Crippen LogP contribution >= 0.6 is 0 Å². The maximum atomic E-state index is 12.1. The molecule has 1 unspecified atom stereocenters. The van der Waals surface area contributed by atoms with Gasteiger partial charge in [0.1, 0.15) is 6.04 Å². The zero-order valence-electron chi connectivity index (χ0n) is 11.4. The van der Waals surface area contributed by atoms with Crippen LogP contribution in [0.2, 0.25) is 0 Å². The van der Waals surface area contributed by atoms with Crippen molar-refractivity contribution in [2.24, 2.45) is 0 Å². The lowest BCUT2D eigenvalue weighted by Crippen LogP contribution is -2.22. The number of anilines is 1. The number of hydrogen-bond donors (Lipinski definition) is 3. The number of hydrogen-bond acceptors (Lipinski definition) is 4. The third kappa shape index (κ3) is 2.78. The normalized spacial score (nSPS) is 16.8. The van der Waals surface area contributed by atoms with E-state index < -0.39 is 18.0 Å². The van der Waals surface area contributed by atoms with Gasteiger partial charge in [0.15, 0.2) is 0 Å². The Bertz CT molecular complexity index is 745. The third-order valence-electron chi connectivity index (χ3n) is 3.18. The van der Waals surface area contributed by atoms with E-state index in [-0.39, 0.29) is 5.91 Å². The van der Waals surface area contributed by atoms with Crippen molar-refractivity contribution in [3.63, 3.8) is 0 Å². The number of nitrogens with zero attached hydrogens (tertiary/aromatic N) is 1. The third-order valence-corrected chi connectivity index (χ3v) is 3.18. The fraction of sp³-hybridized carbons (Fsp3) is 0.0667. The largest absolute Gasteiger partial charge is 0.322 e. The van der Waals surface area contributed by atoms with Gasteiger partial charge in [-0.25, -0.2) is 4.79 Å². The van der Waals surface area contributed by atoms with E-state index in [1.807, 2.05) is 0 Å². The molecule has 7 heteroatoms. The SMILES string of the molecule is O=C1NC(=O)C(c2cccc(NC(=O)c3cccnc3)c2)N1. The Hall–Kier alpha value is -3.22. The molecule has 0 radical (unpaired) electrons. The van der Waals surface area contributed by atoms with Crippen LogP contribution < -0.4 is 16.0 Å². The maximum Gasteiger partial charge on any atom is 0.322 e. The van der Waals surface area contributed by atoms with Crippen LogP contribution in [0.1, 0.15) is 22.0 Å². The number of pyridine rings is 1. The second kappa shape index (κ2) is 5.65. The van der Waals surface area contributed by atoms with E-state index in [0.717, 1.165) is 0 Å². The lowest BCUT2D eigenvalue weighted by atomic mass is 10.1. The van der Waals surface area contributed by atoms with Crippen molar-refractivity contribution in [1.82, 2.24) is 15.6 Å². The van der Waals surface area contributed by atoms with Crippen LogP contribution in [0.4, 0.5) is 10.5 Å². The van der Waals surface area contributed by atoms with E-state index in [4.69, 9.17) is 0 Å². The summed E-state index contributed by atoms with van der Waals surface area (Å²) < 4.78 is 0. The zero-order chi connectivity index (χ0) is 15.5. The Labute approximate surface area is 125 Å². The molecule has 1 aromatic carbocycles. The van der Waals surface area contributed by atoms with E-state index >= 15 is 0 Å². The Balaban J connectivity index is 1.79. The second-order valence-corrected chi connectivity index (χ2v) is 4.72. The van der Waals surface area contributed by atoms with Crippen molar-refractivity contribution >= 4 is 23.5 Å². The van der Waals surface area contributed by atoms with Crippen molar-refractivity contribution in [2.75, 3.05) is 5.32 Å². The number of amides is 4. The van der Waals surface area contributed by atoms with Gasteiger partial charge in [-0.1, -0.05) is 12.1 Å². The molecular weight excluding hydrogens is 284 g/mol. The average Bonchev–Trinajstić information content (AvgIpc) is 2.87. The van der Waals surface area contributed by atoms with E-state index in [0.29, 0.717) is 16.8 Å². The first-order valence-electron chi connectivity index (χ1n) is 6.56. The van der Waals surface area contributed by atoms with Crippen molar-refractivity contribution in [1.29, 1.82) is 0 Å². The molecule has 0 saturated carbocycles. The minimum absolute atomic E-state index is 0.301. The van der Waals surface area contributed by atoms with Crippen LogP contribution in [0.3, 0.4) is 0 Å². The highest BCUT2D eigenvalue weighted by molar-refractivity contribution is 6.05. The van der Waals surface area contributed by atoms with Gasteiger partial charge in [-0.05, 0) is 29.8 Å². The van der Waals surface area contributed by atoms with E-state index in [1.165, 1.54) is 6.20 Å². The van der Waals surface area contributed by atoms with Crippen LogP contribution in [-0.4, -0.2) is 22.8 Å². The number of urea groups is 1. The molecule has 3 N–H and O–H groups in total. The van der Waals surface area contributed by atoms with Gasteiger partial charge in [0.2, 0.25) is 0 Å². The lowest BCUT2D eigenvalue weighted by Gasteiger charge is -2.10. The molecule has 4 amide bonds. The summed E-state index contributed by atoms with van der Waals surface area (Å²) in [5, 5.41) is 7.40. The first-order chi connectivity index (χ1) is 10.6. The fourth-order valence-corrected chi connectivity index (χ4v) is 2.15. The van der Waals surface area contributed by atoms with Gasteiger partial charge in [0.25, 0.3) is 11.8 Å². The van der Waals surface area contributed by atoms with Gasteiger partial charge in [0.05, 0.1) is 5.56 Å². The zero-order valence-corrected chi connectivity index (χ0v) is 11.4. The van der Waals surface area contributed by atoms with Crippen LogP contribution in [0, 0.1) is 0 Å². The number of carbonyl (C=O) groups is 3. The molecule has 1 atom stereocenters.